The van der Waals surface area contributed by atoms with Crippen molar-refractivity contribution in [1.29, 1.82) is 0 Å². The Morgan fingerprint density at radius 2 is 0.981 bits per heavy atom. The van der Waals surface area contributed by atoms with Crippen LogP contribution in [0.3, 0.4) is 0 Å². The Bertz CT molecular complexity index is 2890. The quantitative estimate of drug-likeness (QED) is 0.169. The second-order valence-corrected chi connectivity index (χ2v) is 20.1. The van der Waals surface area contributed by atoms with Gasteiger partial charge in [0.2, 0.25) is 0 Å². The van der Waals surface area contributed by atoms with Crippen LogP contribution in [0.5, 0.6) is 0 Å². The van der Waals surface area contributed by atoms with Crippen molar-refractivity contribution in [2.45, 2.75) is 31.3 Å². The molecule has 0 saturated carbocycles. The Labute approximate surface area is 314 Å². The van der Waals surface area contributed by atoms with E-state index in [1.165, 1.54) is 93.7 Å². The van der Waals surface area contributed by atoms with Gasteiger partial charge in [-0.2, -0.15) is 0 Å². The second kappa shape index (κ2) is 11.6. The topological polar surface area (TPSA) is 9.86 Å². The Kier molecular flexibility index (Phi) is 7.11. The third-order valence-electron chi connectivity index (χ3n) is 12.6. The molecule has 53 heavy (non-hydrogen) atoms. The zero-order valence-corrected chi connectivity index (χ0v) is 32.6. The summed E-state index contributed by atoms with van der Waals surface area (Å²) in [5.41, 5.74) is 19.3. The lowest BCUT2D eigenvalue weighted by Gasteiger charge is -2.47. The van der Waals surface area contributed by atoms with Crippen LogP contribution >= 0.6 is 10.0 Å². The molecule has 10 rings (SSSR count). The molecule has 0 fully saturated rings. The van der Waals surface area contributed by atoms with E-state index in [0.717, 1.165) is 0 Å². The number of nitrogens with zero attached hydrogens (tertiary/aromatic N) is 2. The lowest BCUT2D eigenvalue weighted by molar-refractivity contribution is 0.745. The second-order valence-electron chi connectivity index (χ2n) is 16.2. The van der Waals surface area contributed by atoms with E-state index in [9.17, 15) is 0 Å². The first kappa shape index (κ1) is 32.4. The van der Waals surface area contributed by atoms with Gasteiger partial charge in [0.15, 0.2) is 0 Å². The van der Waals surface area contributed by atoms with Gasteiger partial charge < -0.3 is 9.13 Å². The van der Waals surface area contributed by atoms with Gasteiger partial charge in [-0.25, -0.2) is 10.0 Å². The lowest BCUT2D eigenvalue weighted by Crippen LogP contribution is -2.18. The zero-order chi connectivity index (χ0) is 36.3. The van der Waals surface area contributed by atoms with Gasteiger partial charge in [-0.05, 0) is 106 Å². The van der Waals surface area contributed by atoms with Crippen LogP contribution in [0.4, 0.5) is 0 Å². The number of hydrogen-bond acceptors (Lipinski definition) is 0. The van der Waals surface area contributed by atoms with E-state index in [1.807, 2.05) is 0 Å². The van der Waals surface area contributed by atoms with Crippen molar-refractivity contribution >= 4 is 65.8 Å². The summed E-state index contributed by atoms with van der Waals surface area (Å²) in [6, 6.07) is 45.9. The minimum atomic E-state index is -1.27. The molecule has 6 aromatic carbocycles. The predicted molar refractivity (Wildman–Crippen MR) is 233 cm³/mol. The number of aryl methyl sites for hydroxylation is 2. The Morgan fingerprint density at radius 3 is 1.51 bits per heavy atom. The van der Waals surface area contributed by atoms with Gasteiger partial charge in [0.1, 0.15) is 0 Å². The monoisotopic (exact) mass is 706 g/mol. The van der Waals surface area contributed by atoms with Crippen LogP contribution in [0, 0.1) is 5.92 Å². The first-order valence-electron chi connectivity index (χ1n) is 18.9. The maximum absolute atomic E-state index is 2.61. The van der Waals surface area contributed by atoms with Gasteiger partial charge in [-0.15, -0.1) is 0 Å². The molecule has 0 saturated heterocycles. The molecule has 0 bridgehead atoms. The average molecular weight is 707 g/mol. The largest absolute Gasteiger partial charge is 0.344 e. The van der Waals surface area contributed by atoms with Gasteiger partial charge in [0, 0.05) is 68.2 Å². The summed E-state index contributed by atoms with van der Waals surface area (Å²) in [5.74, 6) is 0.455. The molecule has 2 heterocycles. The fourth-order valence-electron chi connectivity index (χ4n) is 10.2. The van der Waals surface area contributed by atoms with E-state index in [0.29, 0.717) is 16.4 Å². The molecule has 0 aliphatic heterocycles. The summed E-state index contributed by atoms with van der Waals surface area (Å²) in [4.78, 5) is 0. The molecule has 0 spiro atoms. The van der Waals surface area contributed by atoms with Crippen LogP contribution < -0.4 is 0 Å². The highest BCUT2D eigenvalue weighted by atomic mass is 32.3. The number of hydrogen-bond donors (Lipinski definition) is 0. The van der Waals surface area contributed by atoms with E-state index in [2.05, 4.69) is 190 Å². The molecule has 3 heteroatoms. The Morgan fingerprint density at radius 1 is 0.509 bits per heavy atom. The highest BCUT2D eigenvalue weighted by molar-refractivity contribution is 8.33. The molecule has 2 aromatic heterocycles. The molecule has 0 radical (unpaired) electrons. The fourth-order valence-corrected chi connectivity index (χ4v) is 14.2. The predicted octanol–water partition coefficient (Wildman–Crippen LogP) is 13.6. The van der Waals surface area contributed by atoms with Crippen LogP contribution in [0.2, 0.25) is 0 Å². The number of benzene rings is 6. The first-order chi connectivity index (χ1) is 25.6. The van der Waals surface area contributed by atoms with Crippen molar-refractivity contribution in [3.63, 3.8) is 0 Å². The van der Waals surface area contributed by atoms with E-state index in [4.69, 9.17) is 0 Å². The van der Waals surface area contributed by atoms with E-state index in [-0.39, 0.29) is 0 Å². The van der Waals surface area contributed by atoms with Gasteiger partial charge in [-0.1, -0.05) is 122 Å². The first-order valence-corrected chi connectivity index (χ1v) is 21.5. The summed E-state index contributed by atoms with van der Waals surface area (Å²) < 4.78 is 4.65. The normalized spacial score (nSPS) is 17.3. The molecule has 0 amide bonds. The number of fused-ring (bicyclic) bond motifs is 8. The molecular weight excluding hydrogens is 661 g/mol. The third kappa shape index (κ3) is 4.59. The molecule has 2 unspecified atom stereocenters. The number of aromatic nitrogens is 2. The zero-order valence-electron chi connectivity index (χ0n) is 31.7. The minimum absolute atomic E-state index is 0.382. The highest BCUT2D eigenvalue weighted by Gasteiger charge is 2.44. The van der Waals surface area contributed by atoms with Crippen LogP contribution in [-0.2, 0) is 14.1 Å². The van der Waals surface area contributed by atoms with Crippen molar-refractivity contribution in [3.05, 3.63) is 155 Å². The molecule has 0 N–H and O–H groups in total. The molecule has 2 aliphatic rings. The standard InChI is InChI=1S/C50H46N2S/c1-30(2)40-29-42-35(33-23-25-48-44(28-33)37-15-9-11-21-46(37)52(48)5)17-13-19-39(42)50(40)53(6,7)49-31(3)26-41-34(16-12-18-38(41)49)32-22-24-47-43(27-32)36-14-8-10-20-45(36)51(47)4/h8-30,49-50H,1-7H3. The van der Waals surface area contributed by atoms with Crippen molar-refractivity contribution in [3.8, 4) is 22.3 Å². The Hall–Kier alpha value is -5.25. The smallest absolute Gasteiger partial charge is 0.0489 e. The van der Waals surface area contributed by atoms with Gasteiger partial charge in [-0.3, -0.25) is 0 Å². The molecule has 262 valence electrons. The summed E-state index contributed by atoms with van der Waals surface area (Å²) in [5, 5.41) is 6.05. The average Bonchev–Trinajstić information content (AvgIpc) is 3.90. The maximum atomic E-state index is 2.61. The van der Waals surface area contributed by atoms with Gasteiger partial charge >= 0.3 is 0 Å². The van der Waals surface area contributed by atoms with E-state index < -0.39 is 10.0 Å². The summed E-state index contributed by atoms with van der Waals surface area (Å²) in [7, 11) is 3.09. The van der Waals surface area contributed by atoms with Crippen molar-refractivity contribution in [1.82, 2.24) is 9.13 Å². The van der Waals surface area contributed by atoms with Crippen LogP contribution in [0.1, 0.15) is 53.5 Å². The molecule has 8 aromatic rings. The van der Waals surface area contributed by atoms with Crippen molar-refractivity contribution in [2.24, 2.45) is 20.0 Å². The summed E-state index contributed by atoms with van der Waals surface area (Å²) in [6.07, 6.45) is 10.3. The summed E-state index contributed by atoms with van der Waals surface area (Å²) in [6.45, 7) is 7.19. The molecule has 2 aliphatic carbocycles. The molecule has 2 atom stereocenters. The molecule has 2 nitrogen and oxygen atoms in total. The van der Waals surface area contributed by atoms with Gasteiger partial charge in [0.05, 0.1) is 0 Å². The maximum Gasteiger partial charge on any atom is 0.0489 e. The highest BCUT2D eigenvalue weighted by Crippen LogP contribution is 2.73. The lowest BCUT2D eigenvalue weighted by atomic mass is 9.95. The Balaban J connectivity index is 1.08. The van der Waals surface area contributed by atoms with Crippen LogP contribution in [0.15, 0.2) is 132 Å². The summed E-state index contributed by atoms with van der Waals surface area (Å²) >= 11 is 0. The fraction of sp³-hybridized carbons (Fsp3) is 0.200. The van der Waals surface area contributed by atoms with E-state index >= 15 is 0 Å². The van der Waals surface area contributed by atoms with Crippen LogP contribution in [-0.4, -0.2) is 21.6 Å². The van der Waals surface area contributed by atoms with Gasteiger partial charge in [0.25, 0.3) is 0 Å². The van der Waals surface area contributed by atoms with Crippen molar-refractivity contribution < 1.29 is 0 Å². The number of rotatable bonds is 5. The number of para-hydroxylation sites is 2. The SMILES string of the molecule is CC1=Cc2c(-c3ccc4c(c3)c3ccccc3n4C)cccc2C1S(C)(C)C1C(C(C)C)=Cc2c(-c3ccc4c(c3)c3ccccc3n4C)cccc21. The van der Waals surface area contributed by atoms with Crippen molar-refractivity contribution in [2.75, 3.05) is 12.5 Å². The van der Waals surface area contributed by atoms with E-state index in [1.54, 1.807) is 5.57 Å². The molecular formula is C50H46N2S. The minimum Gasteiger partial charge on any atom is -0.344 e. The van der Waals surface area contributed by atoms with Crippen LogP contribution in [0.25, 0.3) is 78.0 Å². The third-order valence-corrected chi connectivity index (χ3v) is 16.2.